The van der Waals surface area contributed by atoms with Crippen LogP contribution in [0.1, 0.15) is 52.3 Å². The molecule has 21 heavy (non-hydrogen) atoms. The van der Waals surface area contributed by atoms with Gasteiger partial charge in [-0.2, -0.15) is 0 Å². The monoisotopic (exact) mass is 308 g/mol. The van der Waals surface area contributed by atoms with Gasteiger partial charge in [-0.1, -0.05) is 51.4 Å². The Bertz CT molecular complexity index is 482. The summed E-state index contributed by atoms with van der Waals surface area (Å²) in [5.41, 5.74) is 1.10. The van der Waals surface area contributed by atoms with Crippen molar-refractivity contribution in [2.45, 2.75) is 58.8 Å². The van der Waals surface area contributed by atoms with Gasteiger partial charge in [-0.3, -0.25) is 10.1 Å². The quantitative estimate of drug-likeness (QED) is 0.892. The number of halogens is 1. The Kier molecular flexibility index (Phi) is 5.28. The Balaban J connectivity index is 2.35. The third kappa shape index (κ3) is 3.24. The summed E-state index contributed by atoms with van der Waals surface area (Å²) >= 11 is 5.98. The molecule has 3 nitrogen and oxygen atoms in total. The van der Waals surface area contributed by atoms with Crippen LogP contribution in [0.15, 0.2) is 24.3 Å². The van der Waals surface area contributed by atoms with Gasteiger partial charge in [0.15, 0.2) is 0 Å². The third-order valence-electron chi connectivity index (χ3n) is 4.32. The fraction of sp³-hybridized carbons (Fsp3) is 0.588. The molecule has 2 rings (SSSR count). The molecule has 0 spiro atoms. The normalized spacial score (nSPS) is 22.6. The molecule has 1 aromatic rings. The van der Waals surface area contributed by atoms with Crippen molar-refractivity contribution in [3.8, 4) is 0 Å². The van der Waals surface area contributed by atoms with Crippen LogP contribution in [-0.2, 0) is 4.79 Å². The first-order valence-corrected chi connectivity index (χ1v) is 8.21. The Morgan fingerprint density at radius 2 is 1.76 bits per heavy atom. The number of rotatable bonds is 5. The summed E-state index contributed by atoms with van der Waals surface area (Å²) in [7, 11) is 0. The molecule has 1 fully saturated rings. The zero-order valence-electron chi connectivity index (χ0n) is 13.3. The fourth-order valence-electron chi connectivity index (χ4n) is 3.06. The molecule has 0 radical (unpaired) electrons. The molecule has 4 heteroatoms. The third-order valence-corrected chi connectivity index (χ3v) is 4.58. The summed E-state index contributed by atoms with van der Waals surface area (Å²) in [6, 6.07) is 7.95. The van der Waals surface area contributed by atoms with Crippen LogP contribution < -0.4 is 5.32 Å². The predicted octanol–water partition coefficient (Wildman–Crippen LogP) is 3.98. The van der Waals surface area contributed by atoms with Gasteiger partial charge in [-0.15, -0.1) is 0 Å². The molecule has 116 valence electrons. The molecule has 2 unspecified atom stereocenters. The molecule has 0 bridgehead atoms. The fourth-order valence-corrected chi connectivity index (χ4v) is 3.19. The first kappa shape index (κ1) is 16.3. The van der Waals surface area contributed by atoms with Crippen molar-refractivity contribution in [2.75, 3.05) is 0 Å². The highest BCUT2D eigenvalue weighted by Gasteiger charge is 2.43. The van der Waals surface area contributed by atoms with E-state index in [0.717, 1.165) is 23.4 Å². The molecule has 0 saturated carbocycles. The molecule has 2 atom stereocenters. The van der Waals surface area contributed by atoms with E-state index in [9.17, 15) is 4.79 Å². The van der Waals surface area contributed by atoms with Gasteiger partial charge < -0.3 is 4.90 Å². The maximum absolute atomic E-state index is 12.8. The van der Waals surface area contributed by atoms with Crippen molar-refractivity contribution in [3.63, 3.8) is 0 Å². The van der Waals surface area contributed by atoms with Crippen LogP contribution >= 0.6 is 11.6 Å². The highest BCUT2D eigenvalue weighted by molar-refractivity contribution is 6.30. The first-order valence-electron chi connectivity index (χ1n) is 7.83. The van der Waals surface area contributed by atoms with E-state index in [1.54, 1.807) is 0 Å². The summed E-state index contributed by atoms with van der Waals surface area (Å²) in [4.78, 5) is 14.8. The van der Waals surface area contributed by atoms with Crippen LogP contribution in [0.25, 0.3) is 0 Å². The Morgan fingerprint density at radius 1 is 1.19 bits per heavy atom. The zero-order chi connectivity index (χ0) is 15.6. The van der Waals surface area contributed by atoms with Gasteiger partial charge in [-0.25, -0.2) is 0 Å². The van der Waals surface area contributed by atoms with Gasteiger partial charge in [0.1, 0.15) is 6.17 Å². The van der Waals surface area contributed by atoms with Gasteiger partial charge >= 0.3 is 0 Å². The van der Waals surface area contributed by atoms with Crippen LogP contribution in [0.4, 0.5) is 0 Å². The second-order valence-electron chi connectivity index (χ2n) is 6.06. The molecule has 1 saturated heterocycles. The van der Waals surface area contributed by atoms with Gasteiger partial charge in [0.05, 0.1) is 6.04 Å². The number of carbonyl (C=O) groups is 1. The number of amides is 1. The molecule has 1 N–H and O–H groups in total. The zero-order valence-corrected chi connectivity index (χ0v) is 14.0. The highest BCUT2D eigenvalue weighted by atomic mass is 35.5. The molecule has 0 aromatic heterocycles. The summed E-state index contributed by atoms with van der Waals surface area (Å²) in [6.07, 6.45) is 1.89. The Morgan fingerprint density at radius 3 is 2.24 bits per heavy atom. The predicted molar refractivity (Wildman–Crippen MR) is 87.2 cm³/mol. The number of benzene rings is 1. The lowest BCUT2D eigenvalue weighted by atomic mass is 10.0. The molecule has 1 heterocycles. The van der Waals surface area contributed by atoms with E-state index in [-0.39, 0.29) is 30.1 Å². The van der Waals surface area contributed by atoms with Crippen LogP contribution in [0.2, 0.25) is 5.02 Å². The van der Waals surface area contributed by atoms with E-state index in [0.29, 0.717) is 0 Å². The number of carbonyl (C=O) groups excluding carboxylic acids is 1. The second kappa shape index (κ2) is 6.80. The first-order chi connectivity index (χ1) is 9.99. The number of nitrogens with one attached hydrogen (secondary N) is 1. The number of nitrogens with zero attached hydrogens (tertiary/aromatic N) is 1. The van der Waals surface area contributed by atoms with Crippen molar-refractivity contribution in [2.24, 2.45) is 5.92 Å². The lowest BCUT2D eigenvalue weighted by Crippen LogP contribution is -2.40. The molecular formula is C17H25ClN2O. The maximum atomic E-state index is 12.8. The van der Waals surface area contributed by atoms with Gasteiger partial charge in [-0.05, 0) is 36.5 Å². The lowest BCUT2D eigenvalue weighted by Gasteiger charge is -2.32. The van der Waals surface area contributed by atoms with Crippen molar-refractivity contribution in [3.05, 3.63) is 34.9 Å². The van der Waals surface area contributed by atoms with Crippen LogP contribution in [0, 0.1) is 5.92 Å². The standard InChI is InChI=1S/C17H25ClN2O/c1-5-14(6-2)20-16(12-7-9-13(18)10-8-12)19-15(11(3)4)17(20)21/h7-11,14-16,19H,5-6H2,1-4H3. The van der Waals surface area contributed by atoms with E-state index in [2.05, 4.69) is 33.0 Å². The Hall–Kier alpha value is -1.06. The van der Waals surface area contributed by atoms with Crippen LogP contribution in [0.3, 0.4) is 0 Å². The average molecular weight is 309 g/mol. The van der Waals surface area contributed by atoms with E-state index in [4.69, 9.17) is 11.6 Å². The second-order valence-corrected chi connectivity index (χ2v) is 6.49. The SMILES string of the molecule is CCC(CC)N1C(=O)C(C(C)C)NC1c1ccc(Cl)cc1. The van der Waals surface area contributed by atoms with E-state index in [1.165, 1.54) is 0 Å². The van der Waals surface area contributed by atoms with Crippen LogP contribution in [0.5, 0.6) is 0 Å². The summed E-state index contributed by atoms with van der Waals surface area (Å²) < 4.78 is 0. The molecule has 1 aliphatic rings. The summed E-state index contributed by atoms with van der Waals surface area (Å²) in [6.45, 7) is 8.46. The molecule has 1 amide bonds. The number of hydrogen-bond acceptors (Lipinski definition) is 2. The van der Waals surface area contributed by atoms with E-state index < -0.39 is 0 Å². The van der Waals surface area contributed by atoms with Crippen molar-refractivity contribution < 1.29 is 4.79 Å². The minimum atomic E-state index is -0.105. The minimum Gasteiger partial charge on any atom is -0.319 e. The summed E-state index contributed by atoms with van der Waals surface area (Å²) in [5, 5.41) is 4.23. The molecular weight excluding hydrogens is 284 g/mol. The largest absolute Gasteiger partial charge is 0.319 e. The average Bonchev–Trinajstić information content (AvgIpc) is 2.80. The van der Waals surface area contributed by atoms with Crippen LogP contribution in [-0.4, -0.2) is 22.9 Å². The maximum Gasteiger partial charge on any atom is 0.241 e. The van der Waals surface area contributed by atoms with Crippen molar-refractivity contribution >= 4 is 17.5 Å². The molecule has 1 aliphatic heterocycles. The Labute approximate surface area is 132 Å². The highest BCUT2D eigenvalue weighted by Crippen LogP contribution is 2.32. The van der Waals surface area contributed by atoms with E-state index >= 15 is 0 Å². The molecule has 1 aromatic carbocycles. The van der Waals surface area contributed by atoms with Crippen molar-refractivity contribution in [1.82, 2.24) is 10.2 Å². The van der Waals surface area contributed by atoms with Gasteiger partial charge in [0.25, 0.3) is 0 Å². The van der Waals surface area contributed by atoms with E-state index in [1.807, 2.05) is 29.2 Å². The van der Waals surface area contributed by atoms with Crippen molar-refractivity contribution in [1.29, 1.82) is 0 Å². The van der Waals surface area contributed by atoms with Gasteiger partial charge in [0.2, 0.25) is 5.91 Å². The topological polar surface area (TPSA) is 32.3 Å². The molecule has 0 aliphatic carbocycles. The number of hydrogen-bond donors (Lipinski definition) is 1. The van der Waals surface area contributed by atoms with Gasteiger partial charge in [0, 0.05) is 11.1 Å². The lowest BCUT2D eigenvalue weighted by molar-refractivity contribution is -0.133. The minimum absolute atomic E-state index is 0.0490. The summed E-state index contributed by atoms with van der Waals surface area (Å²) in [5.74, 6) is 0.505. The smallest absolute Gasteiger partial charge is 0.241 e.